The second kappa shape index (κ2) is 10.7. The summed E-state index contributed by atoms with van der Waals surface area (Å²) in [5, 5.41) is 16.1. The maximum absolute atomic E-state index is 14.8. The molecule has 0 saturated carbocycles. The molecule has 2 aliphatic rings. The molecule has 11 heteroatoms. The molecular weight excluding hydrogens is 481 g/mol. The van der Waals surface area contributed by atoms with E-state index in [1.165, 1.54) is 17.0 Å². The van der Waals surface area contributed by atoms with Crippen LogP contribution in [0.2, 0.25) is 5.02 Å². The third kappa shape index (κ3) is 5.96. The number of benzene rings is 2. The second-order valence-corrected chi connectivity index (χ2v) is 8.87. The second-order valence-electron chi connectivity index (χ2n) is 8.44. The van der Waals surface area contributed by atoms with Crippen LogP contribution in [0, 0.1) is 11.0 Å². The number of cyclic esters (lactones) is 1. The Morgan fingerprint density at radius 2 is 1.86 bits per heavy atom. The number of carbonyl (C=O) groups excluding carboxylic acids is 3. The lowest BCUT2D eigenvalue weighted by atomic mass is 10.1. The Morgan fingerprint density at radius 3 is 2.54 bits per heavy atom. The van der Waals surface area contributed by atoms with Crippen molar-refractivity contribution in [3.05, 3.63) is 64.1 Å². The van der Waals surface area contributed by atoms with Gasteiger partial charge in [0.2, 0.25) is 5.91 Å². The number of quaternary nitrogens is 1. The number of amides is 2. The molecule has 1 N–H and O–H groups in total. The first-order valence-corrected chi connectivity index (χ1v) is 11.6. The molecule has 0 aromatic heterocycles. The highest BCUT2D eigenvalue weighted by molar-refractivity contribution is 6.30. The number of carbonyl (C=O) groups is 3. The Morgan fingerprint density at radius 1 is 1.14 bits per heavy atom. The number of rotatable bonds is 8. The van der Waals surface area contributed by atoms with Crippen molar-refractivity contribution in [3.8, 4) is 0 Å². The van der Waals surface area contributed by atoms with Crippen molar-refractivity contribution in [2.45, 2.75) is 18.9 Å². The van der Waals surface area contributed by atoms with E-state index in [4.69, 9.17) is 21.1 Å². The molecule has 1 atom stereocenters. The molecule has 0 radical (unpaired) electrons. The first-order chi connectivity index (χ1) is 16.7. The molecule has 2 fully saturated rings. The molecule has 2 amide bonds. The fraction of sp³-hybridized carbons (Fsp3) is 0.375. The lowest BCUT2D eigenvalue weighted by Gasteiger charge is -2.44. The van der Waals surface area contributed by atoms with Gasteiger partial charge in [-0.15, -0.1) is 0 Å². The zero-order valence-corrected chi connectivity index (χ0v) is 19.6. The molecule has 35 heavy (non-hydrogen) atoms. The van der Waals surface area contributed by atoms with Gasteiger partial charge < -0.3 is 24.6 Å². The van der Waals surface area contributed by atoms with E-state index in [0.717, 1.165) is 6.07 Å². The predicted octanol–water partition coefficient (Wildman–Crippen LogP) is 3.42. The summed E-state index contributed by atoms with van der Waals surface area (Å²) >= 11 is 5.81. The predicted molar refractivity (Wildman–Crippen MR) is 128 cm³/mol. The van der Waals surface area contributed by atoms with Gasteiger partial charge in [0.15, 0.2) is 17.3 Å². The van der Waals surface area contributed by atoms with Gasteiger partial charge in [0.1, 0.15) is 19.2 Å². The number of nitrogens with zero attached hydrogens (tertiary/aromatic N) is 2. The standard InChI is InChI=1S/C24H25ClFN3O6/c25-17-3-1-16(2-4-17)22(30)7-8-23(31)27-14-19-15-28(24(32)35-19)18-5-6-21(20(26)13-18)29(33)9-11-34-12-10-29/h1-6,13,19H,7-12,14-15H2,(H,27,31)/t19-/m0/s1. The highest BCUT2D eigenvalue weighted by atomic mass is 35.5. The highest BCUT2D eigenvalue weighted by Gasteiger charge is 2.34. The molecule has 2 heterocycles. The molecular formula is C24H25ClFN3O6. The van der Waals surface area contributed by atoms with Crippen molar-refractivity contribution in [1.29, 1.82) is 0 Å². The van der Waals surface area contributed by atoms with Gasteiger partial charge in [0, 0.05) is 35.6 Å². The minimum absolute atomic E-state index is 0.00146. The third-order valence-electron chi connectivity index (χ3n) is 6.02. The molecule has 0 aliphatic carbocycles. The SMILES string of the molecule is O=C(CCC(=O)c1ccc(Cl)cc1)NC[C@H]1CN(c2ccc([N+]3([O-])CCOCC3)c(F)c2)C(=O)O1. The summed E-state index contributed by atoms with van der Waals surface area (Å²) in [7, 11) is 0. The average Bonchev–Trinajstić information content (AvgIpc) is 3.22. The number of anilines is 1. The zero-order valence-electron chi connectivity index (χ0n) is 18.9. The van der Waals surface area contributed by atoms with Crippen LogP contribution in [0.4, 0.5) is 20.6 Å². The summed E-state index contributed by atoms with van der Waals surface area (Å²) in [6, 6.07) is 10.5. The number of morpholine rings is 1. The Balaban J connectivity index is 1.28. The minimum Gasteiger partial charge on any atom is -0.627 e. The number of hydrogen-bond donors (Lipinski definition) is 1. The van der Waals surface area contributed by atoms with E-state index in [1.807, 2.05) is 0 Å². The number of hydrogen-bond acceptors (Lipinski definition) is 6. The van der Waals surface area contributed by atoms with Crippen LogP contribution in [0.15, 0.2) is 42.5 Å². The van der Waals surface area contributed by atoms with Crippen LogP contribution in [0.1, 0.15) is 23.2 Å². The van der Waals surface area contributed by atoms with Gasteiger partial charge in [0.25, 0.3) is 0 Å². The summed E-state index contributed by atoms with van der Waals surface area (Å²) in [5.41, 5.74) is 0.736. The van der Waals surface area contributed by atoms with Crippen molar-refractivity contribution < 1.29 is 28.2 Å². The van der Waals surface area contributed by atoms with Gasteiger partial charge in [0.05, 0.1) is 32.0 Å². The maximum atomic E-state index is 14.8. The summed E-state index contributed by atoms with van der Waals surface area (Å²) in [4.78, 5) is 37.9. The number of ketones is 1. The Bertz CT molecular complexity index is 1110. The fourth-order valence-corrected chi connectivity index (χ4v) is 4.16. The van der Waals surface area contributed by atoms with Crippen molar-refractivity contribution >= 4 is 40.8 Å². The molecule has 2 aromatic carbocycles. The molecule has 0 unspecified atom stereocenters. The van der Waals surface area contributed by atoms with Gasteiger partial charge >= 0.3 is 6.09 Å². The third-order valence-corrected chi connectivity index (χ3v) is 6.27. The molecule has 9 nitrogen and oxygen atoms in total. The monoisotopic (exact) mass is 505 g/mol. The van der Waals surface area contributed by atoms with Crippen LogP contribution >= 0.6 is 11.6 Å². The van der Waals surface area contributed by atoms with Crippen LogP contribution in [-0.2, 0) is 14.3 Å². The van der Waals surface area contributed by atoms with Crippen molar-refractivity contribution in [2.75, 3.05) is 44.3 Å². The molecule has 186 valence electrons. The number of ether oxygens (including phenoxy) is 2. The number of hydroxylamine groups is 2. The number of nitrogens with one attached hydrogen (secondary N) is 1. The van der Waals surface area contributed by atoms with E-state index in [9.17, 15) is 24.0 Å². The van der Waals surface area contributed by atoms with E-state index in [1.54, 1.807) is 24.3 Å². The van der Waals surface area contributed by atoms with Crippen LogP contribution in [0.25, 0.3) is 0 Å². The van der Waals surface area contributed by atoms with Gasteiger partial charge in [-0.25, -0.2) is 9.18 Å². The lowest BCUT2D eigenvalue weighted by Crippen LogP contribution is -2.52. The van der Waals surface area contributed by atoms with Crippen LogP contribution < -0.4 is 14.9 Å². The van der Waals surface area contributed by atoms with E-state index in [-0.39, 0.29) is 75.3 Å². The normalized spacial score (nSPS) is 19.3. The largest absolute Gasteiger partial charge is 0.627 e. The van der Waals surface area contributed by atoms with E-state index in [2.05, 4.69) is 5.32 Å². The Labute approximate surface area is 206 Å². The maximum Gasteiger partial charge on any atom is 0.414 e. The molecule has 4 rings (SSSR count). The number of Topliss-reactive ketones (excluding diaryl/α,β-unsaturated/α-hetero) is 1. The van der Waals surface area contributed by atoms with Gasteiger partial charge in [-0.1, -0.05) is 11.6 Å². The van der Waals surface area contributed by atoms with Crippen LogP contribution in [0.5, 0.6) is 0 Å². The smallest absolute Gasteiger partial charge is 0.414 e. The quantitative estimate of drug-likeness (QED) is 0.334. The van der Waals surface area contributed by atoms with Gasteiger partial charge in [-0.2, -0.15) is 0 Å². The molecule has 0 spiro atoms. The van der Waals surface area contributed by atoms with E-state index >= 15 is 0 Å². The summed E-state index contributed by atoms with van der Waals surface area (Å²) in [6.07, 6.45) is -1.30. The minimum atomic E-state index is -0.814. The summed E-state index contributed by atoms with van der Waals surface area (Å²) in [6.45, 7) is 0.909. The van der Waals surface area contributed by atoms with Gasteiger partial charge in [-0.3, -0.25) is 14.5 Å². The molecule has 2 saturated heterocycles. The molecule has 2 aromatic rings. The van der Waals surface area contributed by atoms with Crippen molar-refractivity contribution in [3.63, 3.8) is 0 Å². The topological polar surface area (TPSA) is 108 Å². The average molecular weight is 506 g/mol. The van der Waals surface area contributed by atoms with E-state index in [0.29, 0.717) is 10.6 Å². The van der Waals surface area contributed by atoms with E-state index < -0.39 is 22.7 Å². The Hall–Kier alpha value is -3.05. The molecule has 0 bridgehead atoms. The summed E-state index contributed by atoms with van der Waals surface area (Å²) < 4.78 is 24.4. The van der Waals surface area contributed by atoms with Crippen LogP contribution in [0.3, 0.4) is 0 Å². The zero-order chi connectivity index (χ0) is 25.0. The van der Waals surface area contributed by atoms with Crippen molar-refractivity contribution in [2.24, 2.45) is 0 Å². The highest BCUT2D eigenvalue weighted by Crippen LogP contribution is 2.31. The summed E-state index contributed by atoms with van der Waals surface area (Å²) in [5.74, 6) is -1.23. The lowest BCUT2D eigenvalue weighted by molar-refractivity contribution is -0.121. The fourth-order valence-electron chi connectivity index (χ4n) is 4.03. The Kier molecular flexibility index (Phi) is 7.66. The number of halogens is 2. The first kappa shape index (κ1) is 25.1. The molecule has 2 aliphatic heterocycles. The van der Waals surface area contributed by atoms with Crippen molar-refractivity contribution in [1.82, 2.24) is 9.96 Å². The van der Waals surface area contributed by atoms with Gasteiger partial charge in [-0.05, 0) is 30.3 Å². The first-order valence-electron chi connectivity index (χ1n) is 11.2. The van der Waals surface area contributed by atoms with Crippen LogP contribution in [-0.4, -0.2) is 63.3 Å².